The topological polar surface area (TPSA) is 47.9 Å². The third kappa shape index (κ3) is 2.03. The molecule has 0 saturated carbocycles. The van der Waals surface area contributed by atoms with Gasteiger partial charge in [-0.15, -0.1) is 0 Å². The molecule has 2 nitrogen and oxygen atoms in total. The lowest BCUT2D eigenvalue weighted by Crippen LogP contribution is -2.55. The summed E-state index contributed by atoms with van der Waals surface area (Å²) in [7, 11) is 0. The summed E-state index contributed by atoms with van der Waals surface area (Å²) in [6.07, 6.45) is 0. The maximum Gasteiger partial charge on any atom is 0.133 e. The SMILES string of the molecule is Cc1ccc([C@@H]([NH3+])CO)cc1. The Kier molecular flexibility index (Phi) is 2.63. The van der Waals surface area contributed by atoms with Crippen molar-refractivity contribution in [3.63, 3.8) is 0 Å². The molecule has 0 aliphatic rings. The zero-order valence-corrected chi connectivity index (χ0v) is 6.75. The Morgan fingerprint density at radius 1 is 1.36 bits per heavy atom. The number of aliphatic hydroxyl groups excluding tert-OH is 1. The summed E-state index contributed by atoms with van der Waals surface area (Å²) in [5.74, 6) is 0. The molecule has 0 aliphatic carbocycles. The van der Waals surface area contributed by atoms with Crippen LogP contribution >= 0.6 is 0 Å². The van der Waals surface area contributed by atoms with Crippen LogP contribution in [0.25, 0.3) is 0 Å². The standard InChI is InChI=1S/C9H13NO/c1-7-2-4-8(5-3-7)9(10)6-11/h2-5,9,11H,6,10H2,1H3/p+1/t9-/m0/s1. The van der Waals surface area contributed by atoms with Crippen LogP contribution in [0.15, 0.2) is 24.3 Å². The first-order chi connectivity index (χ1) is 5.24. The fourth-order valence-corrected chi connectivity index (χ4v) is 0.944. The maximum absolute atomic E-state index is 8.80. The zero-order valence-electron chi connectivity index (χ0n) is 6.75. The minimum Gasteiger partial charge on any atom is -0.390 e. The first-order valence-corrected chi connectivity index (χ1v) is 3.74. The molecule has 0 amide bonds. The van der Waals surface area contributed by atoms with Crippen molar-refractivity contribution in [3.8, 4) is 0 Å². The molecule has 0 heterocycles. The van der Waals surface area contributed by atoms with Gasteiger partial charge in [-0.1, -0.05) is 29.8 Å². The van der Waals surface area contributed by atoms with Crippen molar-refractivity contribution in [3.05, 3.63) is 35.4 Å². The molecule has 0 saturated heterocycles. The van der Waals surface area contributed by atoms with Crippen molar-refractivity contribution >= 4 is 0 Å². The second-order valence-corrected chi connectivity index (χ2v) is 2.79. The van der Waals surface area contributed by atoms with Crippen molar-refractivity contribution in [2.75, 3.05) is 6.61 Å². The molecule has 0 unspecified atom stereocenters. The van der Waals surface area contributed by atoms with Gasteiger partial charge in [-0.2, -0.15) is 0 Å². The van der Waals surface area contributed by atoms with Gasteiger partial charge in [0.2, 0.25) is 0 Å². The number of hydrogen-bond donors (Lipinski definition) is 2. The van der Waals surface area contributed by atoms with E-state index in [1.165, 1.54) is 5.56 Å². The summed E-state index contributed by atoms with van der Waals surface area (Å²) >= 11 is 0. The average molecular weight is 152 g/mol. The second-order valence-electron chi connectivity index (χ2n) is 2.79. The molecular weight excluding hydrogens is 138 g/mol. The predicted molar refractivity (Wildman–Crippen MR) is 43.9 cm³/mol. The highest BCUT2D eigenvalue weighted by atomic mass is 16.3. The minimum atomic E-state index is 0.00981. The van der Waals surface area contributed by atoms with Crippen LogP contribution < -0.4 is 5.73 Å². The average Bonchev–Trinajstić information content (AvgIpc) is 2.05. The van der Waals surface area contributed by atoms with Gasteiger partial charge in [-0.3, -0.25) is 0 Å². The highest BCUT2D eigenvalue weighted by Gasteiger charge is 2.05. The molecule has 11 heavy (non-hydrogen) atoms. The molecule has 4 N–H and O–H groups in total. The lowest BCUT2D eigenvalue weighted by atomic mass is 10.1. The molecule has 0 aliphatic heterocycles. The van der Waals surface area contributed by atoms with Gasteiger partial charge in [0.1, 0.15) is 6.04 Å². The van der Waals surface area contributed by atoms with E-state index < -0.39 is 0 Å². The smallest absolute Gasteiger partial charge is 0.133 e. The van der Waals surface area contributed by atoms with Crippen molar-refractivity contribution in [1.29, 1.82) is 0 Å². The van der Waals surface area contributed by atoms with E-state index in [4.69, 9.17) is 5.11 Å². The van der Waals surface area contributed by atoms with Crippen LogP contribution in [-0.2, 0) is 0 Å². The van der Waals surface area contributed by atoms with Crippen molar-refractivity contribution in [2.24, 2.45) is 0 Å². The van der Waals surface area contributed by atoms with Crippen LogP contribution in [0.2, 0.25) is 0 Å². The molecular formula is C9H14NO+. The normalized spacial score (nSPS) is 13.0. The van der Waals surface area contributed by atoms with Gasteiger partial charge in [0.25, 0.3) is 0 Å². The number of aliphatic hydroxyl groups is 1. The van der Waals surface area contributed by atoms with Crippen LogP contribution in [-0.4, -0.2) is 11.7 Å². The summed E-state index contributed by atoms with van der Waals surface area (Å²) in [6.45, 7) is 2.16. The van der Waals surface area contributed by atoms with Gasteiger partial charge in [0.05, 0.1) is 6.61 Å². The minimum absolute atomic E-state index is 0.00981. The van der Waals surface area contributed by atoms with Crippen molar-refractivity contribution in [1.82, 2.24) is 0 Å². The lowest BCUT2D eigenvalue weighted by Gasteiger charge is -2.04. The molecule has 1 aromatic rings. The maximum atomic E-state index is 8.80. The highest BCUT2D eigenvalue weighted by molar-refractivity contribution is 5.22. The molecule has 0 spiro atoms. The molecule has 1 atom stereocenters. The molecule has 1 rings (SSSR count). The van der Waals surface area contributed by atoms with E-state index in [2.05, 4.69) is 5.73 Å². The molecule has 2 heteroatoms. The largest absolute Gasteiger partial charge is 0.390 e. The fraction of sp³-hybridized carbons (Fsp3) is 0.333. The lowest BCUT2D eigenvalue weighted by molar-refractivity contribution is -0.432. The Morgan fingerprint density at radius 2 is 1.91 bits per heavy atom. The van der Waals surface area contributed by atoms with E-state index in [9.17, 15) is 0 Å². The molecule has 0 radical (unpaired) electrons. The number of quaternary nitrogens is 1. The first-order valence-electron chi connectivity index (χ1n) is 3.74. The fourth-order valence-electron chi connectivity index (χ4n) is 0.944. The van der Waals surface area contributed by atoms with E-state index in [1.54, 1.807) is 0 Å². The van der Waals surface area contributed by atoms with E-state index in [1.807, 2.05) is 31.2 Å². The van der Waals surface area contributed by atoms with E-state index in [0.29, 0.717) is 0 Å². The van der Waals surface area contributed by atoms with Gasteiger partial charge in [0, 0.05) is 5.56 Å². The summed E-state index contributed by atoms with van der Waals surface area (Å²) in [5, 5.41) is 8.80. The number of benzene rings is 1. The summed E-state index contributed by atoms with van der Waals surface area (Å²) in [4.78, 5) is 0. The van der Waals surface area contributed by atoms with Gasteiger partial charge >= 0.3 is 0 Å². The Balaban J connectivity index is 2.81. The molecule has 60 valence electrons. The van der Waals surface area contributed by atoms with Crippen LogP contribution in [0.1, 0.15) is 17.2 Å². The van der Waals surface area contributed by atoms with Crippen molar-refractivity contribution in [2.45, 2.75) is 13.0 Å². The second kappa shape index (κ2) is 3.51. The Hall–Kier alpha value is -0.860. The van der Waals surface area contributed by atoms with Crippen molar-refractivity contribution < 1.29 is 10.8 Å². The number of rotatable bonds is 2. The van der Waals surface area contributed by atoms with E-state index in [0.717, 1.165) is 5.56 Å². The van der Waals surface area contributed by atoms with Gasteiger partial charge in [-0.05, 0) is 6.92 Å². The first kappa shape index (κ1) is 8.24. The quantitative estimate of drug-likeness (QED) is 0.628. The Bertz CT molecular complexity index is 218. The third-order valence-electron chi connectivity index (χ3n) is 1.77. The molecule has 0 bridgehead atoms. The Morgan fingerprint density at radius 3 is 2.36 bits per heavy atom. The molecule has 0 fully saturated rings. The van der Waals surface area contributed by atoms with Gasteiger partial charge in [-0.25, -0.2) is 0 Å². The number of aryl methyl sites for hydroxylation is 1. The Labute approximate surface area is 66.7 Å². The monoisotopic (exact) mass is 152 g/mol. The third-order valence-corrected chi connectivity index (χ3v) is 1.77. The highest BCUT2D eigenvalue weighted by Crippen LogP contribution is 2.08. The van der Waals surface area contributed by atoms with Gasteiger partial charge in [0.15, 0.2) is 0 Å². The van der Waals surface area contributed by atoms with E-state index in [-0.39, 0.29) is 12.6 Å². The van der Waals surface area contributed by atoms with Gasteiger partial charge < -0.3 is 10.8 Å². The van der Waals surface area contributed by atoms with Crippen LogP contribution in [0.5, 0.6) is 0 Å². The zero-order chi connectivity index (χ0) is 8.27. The number of hydrogen-bond acceptors (Lipinski definition) is 1. The van der Waals surface area contributed by atoms with Crippen LogP contribution in [0.4, 0.5) is 0 Å². The summed E-state index contributed by atoms with van der Waals surface area (Å²) in [6, 6.07) is 8.08. The van der Waals surface area contributed by atoms with Crippen LogP contribution in [0.3, 0.4) is 0 Å². The molecule has 1 aromatic carbocycles. The van der Waals surface area contributed by atoms with Crippen LogP contribution in [0, 0.1) is 6.92 Å². The van der Waals surface area contributed by atoms with E-state index >= 15 is 0 Å². The molecule has 0 aromatic heterocycles. The summed E-state index contributed by atoms with van der Waals surface area (Å²) < 4.78 is 0. The predicted octanol–water partition coefficient (Wildman–Crippen LogP) is 0.270. The summed E-state index contributed by atoms with van der Waals surface area (Å²) in [5.41, 5.74) is 6.14.